The Morgan fingerprint density at radius 3 is 2.36 bits per heavy atom. The summed E-state index contributed by atoms with van der Waals surface area (Å²) in [6.07, 6.45) is 1.47. The van der Waals surface area contributed by atoms with Crippen molar-refractivity contribution in [1.82, 2.24) is 20.0 Å². The average Bonchev–Trinajstić information content (AvgIpc) is 3.16. The molecule has 0 radical (unpaired) electrons. The van der Waals surface area contributed by atoms with Crippen molar-refractivity contribution in [2.75, 3.05) is 34.3 Å². The van der Waals surface area contributed by atoms with Gasteiger partial charge in [0.05, 0.1) is 18.5 Å². The number of aryl methyl sites for hydroxylation is 1. The van der Waals surface area contributed by atoms with Crippen molar-refractivity contribution < 1.29 is 18.7 Å². The SMILES string of the molecule is CCc1nn(-c2ccc(OC)cc2)c(Oc2ccc(F)cc2)c1CCC(=O)NCCN(C)C. The van der Waals surface area contributed by atoms with Crippen molar-refractivity contribution in [3.05, 3.63) is 65.6 Å². The minimum atomic E-state index is -0.338. The molecule has 176 valence electrons. The monoisotopic (exact) mass is 454 g/mol. The van der Waals surface area contributed by atoms with Crippen molar-refractivity contribution in [3.8, 4) is 23.1 Å². The number of aromatic nitrogens is 2. The maximum Gasteiger partial charge on any atom is 0.226 e. The standard InChI is InChI=1S/C25H31FN4O3/c1-5-23-22(14-15-24(31)27-16-17-29(2)3)25(33-21-10-6-18(26)7-11-21)30(28-23)19-8-12-20(32-4)13-9-19/h6-13H,5,14-17H2,1-4H3,(H,27,31). The lowest BCUT2D eigenvalue weighted by molar-refractivity contribution is -0.121. The second-order valence-corrected chi connectivity index (χ2v) is 7.90. The number of halogens is 1. The Hall–Kier alpha value is -3.39. The van der Waals surface area contributed by atoms with Gasteiger partial charge in [0.1, 0.15) is 17.3 Å². The molecule has 2 aromatic carbocycles. The number of methoxy groups -OCH3 is 1. The number of rotatable bonds is 11. The lowest BCUT2D eigenvalue weighted by Gasteiger charge is -2.13. The van der Waals surface area contributed by atoms with Crippen LogP contribution in [0.5, 0.6) is 17.4 Å². The Kier molecular flexibility index (Phi) is 8.43. The Balaban J connectivity index is 1.91. The maximum absolute atomic E-state index is 13.4. The topological polar surface area (TPSA) is 68.6 Å². The van der Waals surface area contributed by atoms with Gasteiger partial charge >= 0.3 is 0 Å². The van der Waals surface area contributed by atoms with Crippen molar-refractivity contribution in [2.45, 2.75) is 26.2 Å². The van der Waals surface area contributed by atoms with Crippen LogP contribution in [0.2, 0.25) is 0 Å². The highest BCUT2D eigenvalue weighted by Gasteiger charge is 2.21. The molecular formula is C25H31FN4O3. The molecule has 3 rings (SSSR count). The molecule has 0 unspecified atom stereocenters. The van der Waals surface area contributed by atoms with Crippen LogP contribution in [0.4, 0.5) is 4.39 Å². The molecule has 0 saturated heterocycles. The molecule has 0 aliphatic heterocycles. The average molecular weight is 455 g/mol. The Morgan fingerprint density at radius 1 is 1.09 bits per heavy atom. The normalized spacial score (nSPS) is 11.0. The zero-order valence-electron chi connectivity index (χ0n) is 19.6. The summed E-state index contributed by atoms with van der Waals surface area (Å²) in [7, 11) is 5.54. The molecule has 0 aliphatic rings. The number of likely N-dealkylation sites (N-methyl/N-ethyl adjacent to an activating group) is 1. The van der Waals surface area contributed by atoms with E-state index in [2.05, 4.69) is 5.32 Å². The van der Waals surface area contributed by atoms with Crippen LogP contribution in [0.15, 0.2) is 48.5 Å². The van der Waals surface area contributed by atoms with Crippen LogP contribution in [0.3, 0.4) is 0 Å². The van der Waals surface area contributed by atoms with Crippen LogP contribution >= 0.6 is 0 Å². The van der Waals surface area contributed by atoms with E-state index in [0.717, 1.165) is 29.2 Å². The molecule has 0 atom stereocenters. The predicted octanol–water partition coefficient (Wildman–Crippen LogP) is 3.99. The minimum absolute atomic E-state index is 0.0242. The molecule has 1 aromatic heterocycles. The van der Waals surface area contributed by atoms with E-state index in [1.54, 1.807) is 23.9 Å². The van der Waals surface area contributed by atoms with Crippen molar-refractivity contribution in [2.24, 2.45) is 0 Å². The van der Waals surface area contributed by atoms with Gasteiger partial charge in [-0.15, -0.1) is 0 Å². The van der Waals surface area contributed by atoms with Crippen LogP contribution in [0.1, 0.15) is 24.6 Å². The van der Waals surface area contributed by atoms with Crippen molar-refractivity contribution in [3.63, 3.8) is 0 Å². The van der Waals surface area contributed by atoms with E-state index in [0.29, 0.717) is 37.4 Å². The summed E-state index contributed by atoms with van der Waals surface area (Å²) in [4.78, 5) is 14.4. The van der Waals surface area contributed by atoms with Crippen molar-refractivity contribution >= 4 is 5.91 Å². The number of ether oxygens (including phenoxy) is 2. The minimum Gasteiger partial charge on any atom is -0.497 e. The third-order valence-electron chi connectivity index (χ3n) is 5.18. The highest BCUT2D eigenvalue weighted by atomic mass is 19.1. The third kappa shape index (κ3) is 6.55. The highest BCUT2D eigenvalue weighted by molar-refractivity contribution is 5.76. The highest BCUT2D eigenvalue weighted by Crippen LogP contribution is 2.32. The fourth-order valence-electron chi connectivity index (χ4n) is 3.38. The molecule has 1 amide bonds. The van der Waals surface area contributed by atoms with E-state index in [4.69, 9.17) is 14.6 Å². The van der Waals surface area contributed by atoms with E-state index >= 15 is 0 Å². The zero-order chi connectivity index (χ0) is 23.8. The van der Waals surface area contributed by atoms with E-state index in [-0.39, 0.29) is 11.7 Å². The molecule has 8 heteroatoms. The molecule has 0 spiro atoms. The first-order valence-electron chi connectivity index (χ1n) is 11.0. The summed E-state index contributed by atoms with van der Waals surface area (Å²) in [5.41, 5.74) is 2.51. The molecule has 3 aromatic rings. The molecule has 7 nitrogen and oxygen atoms in total. The van der Waals surface area contributed by atoms with Gasteiger partial charge in [-0.25, -0.2) is 9.07 Å². The van der Waals surface area contributed by atoms with Crippen LogP contribution in [-0.4, -0.2) is 54.9 Å². The lowest BCUT2D eigenvalue weighted by Crippen LogP contribution is -2.31. The largest absolute Gasteiger partial charge is 0.497 e. The summed E-state index contributed by atoms with van der Waals surface area (Å²) in [6.45, 7) is 3.39. The van der Waals surface area contributed by atoms with Gasteiger partial charge in [0, 0.05) is 25.1 Å². The third-order valence-corrected chi connectivity index (χ3v) is 5.18. The van der Waals surface area contributed by atoms with Crippen LogP contribution in [0.25, 0.3) is 5.69 Å². The summed E-state index contributed by atoms with van der Waals surface area (Å²) in [5.74, 6) is 1.38. The number of benzene rings is 2. The fraction of sp³-hybridized carbons (Fsp3) is 0.360. The Labute approximate surface area is 194 Å². The van der Waals surface area contributed by atoms with E-state index in [1.165, 1.54) is 12.1 Å². The number of hydrogen-bond donors (Lipinski definition) is 1. The second kappa shape index (κ2) is 11.5. The molecule has 0 bridgehead atoms. The van der Waals surface area contributed by atoms with E-state index < -0.39 is 0 Å². The van der Waals surface area contributed by atoms with Gasteiger partial charge in [-0.1, -0.05) is 6.92 Å². The van der Waals surface area contributed by atoms with Crippen LogP contribution in [0, 0.1) is 5.82 Å². The summed E-state index contributed by atoms with van der Waals surface area (Å²) in [5, 5.41) is 7.71. The number of amides is 1. The van der Waals surface area contributed by atoms with Gasteiger partial charge < -0.3 is 19.7 Å². The Morgan fingerprint density at radius 2 is 1.76 bits per heavy atom. The summed E-state index contributed by atoms with van der Waals surface area (Å²) >= 11 is 0. The van der Waals surface area contributed by atoms with E-state index in [1.807, 2.05) is 50.2 Å². The molecular weight excluding hydrogens is 423 g/mol. The number of hydrogen-bond acceptors (Lipinski definition) is 5. The van der Waals surface area contributed by atoms with Gasteiger partial charge in [0.15, 0.2) is 0 Å². The molecule has 0 saturated carbocycles. The summed E-state index contributed by atoms with van der Waals surface area (Å²) in [6, 6.07) is 13.3. The molecule has 0 aliphatic carbocycles. The van der Waals surface area contributed by atoms with Gasteiger partial charge in [0.2, 0.25) is 11.8 Å². The van der Waals surface area contributed by atoms with Gasteiger partial charge in [-0.2, -0.15) is 5.10 Å². The van der Waals surface area contributed by atoms with Crippen LogP contribution < -0.4 is 14.8 Å². The Bertz CT molecular complexity index is 1050. The molecule has 1 heterocycles. The zero-order valence-corrected chi connectivity index (χ0v) is 19.6. The van der Waals surface area contributed by atoms with Gasteiger partial charge in [0.25, 0.3) is 0 Å². The molecule has 0 fully saturated rings. The predicted molar refractivity (Wildman–Crippen MR) is 126 cm³/mol. The number of carbonyl (C=O) groups excluding carboxylic acids is 1. The van der Waals surface area contributed by atoms with Gasteiger partial charge in [-0.05, 0) is 75.5 Å². The van der Waals surface area contributed by atoms with Gasteiger partial charge in [-0.3, -0.25) is 4.79 Å². The number of nitrogens with one attached hydrogen (secondary N) is 1. The lowest BCUT2D eigenvalue weighted by atomic mass is 10.1. The van der Waals surface area contributed by atoms with Crippen LogP contribution in [-0.2, 0) is 17.6 Å². The first kappa shape index (κ1) is 24.3. The first-order valence-corrected chi connectivity index (χ1v) is 11.0. The fourth-order valence-corrected chi connectivity index (χ4v) is 3.38. The molecule has 33 heavy (non-hydrogen) atoms. The second-order valence-electron chi connectivity index (χ2n) is 7.90. The number of carbonyl (C=O) groups is 1. The molecule has 1 N–H and O–H groups in total. The maximum atomic E-state index is 13.4. The smallest absolute Gasteiger partial charge is 0.226 e. The van der Waals surface area contributed by atoms with E-state index in [9.17, 15) is 9.18 Å². The quantitative estimate of drug-likeness (QED) is 0.475. The summed E-state index contributed by atoms with van der Waals surface area (Å²) < 4.78 is 26.6. The first-order chi connectivity index (χ1) is 15.9. The van der Waals surface area contributed by atoms with Crippen molar-refractivity contribution in [1.29, 1.82) is 0 Å². The number of nitrogens with zero attached hydrogens (tertiary/aromatic N) is 3.